The van der Waals surface area contributed by atoms with Gasteiger partial charge in [-0.05, 0) is 25.0 Å². The van der Waals surface area contributed by atoms with E-state index in [1.165, 1.54) is 12.3 Å². The molecule has 4 atom stereocenters. The number of hydrogen-bond donors (Lipinski definition) is 7. The average molecular weight is 442 g/mol. The van der Waals surface area contributed by atoms with Crippen LogP contribution in [0.1, 0.15) is 38.5 Å². The van der Waals surface area contributed by atoms with Crippen molar-refractivity contribution in [2.45, 2.75) is 63.1 Å². The van der Waals surface area contributed by atoms with Crippen molar-refractivity contribution in [3.63, 3.8) is 0 Å². The van der Waals surface area contributed by atoms with Crippen LogP contribution in [0.3, 0.4) is 0 Å². The molecular weight excluding hydrogens is 412 g/mol. The molecule has 0 radical (unpaired) electrons. The van der Waals surface area contributed by atoms with E-state index in [1.54, 1.807) is 11.6 Å². The van der Waals surface area contributed by atoms with Crippen LogP contribution in [0.25, 0.3) is 0 Å². The minimum absolute atomic E-state index is 0.122. The lowest BCUT2D eigenvalue weighted by atomic mass is 10.1. The molecule has 2 rings (SSSR count). The number of carbonyl (C=O) groups excluding carboxylic acids is 3. The maximum absolute atomic E-state index is 12.3. The number of nitrogens with zero attached hydrogens (tertiary/aromatic N) is 1. The zero-order valence-electron chi connectivity index (χ0n) is 17.1. The van der Waals surface area contributed by atoms with E-state index in [0.717, 1.165) is 17.7 Å². The second-order valence-electron chi connectivity index (χ2n) is 7.29. The molecule has 0 aromatic carbocycles. The number of nitrogens with one attached hydrogen (secondary N) is 3. The van der Waals surface area contributed by atoms with E-state index in [0.29, 0.717) is 18.5 Å². The third-order valence-corrected chi connectivity index (χ3v) is 4.98. The van der Waals surface area contributed by atoms with Crippen LogP contribution in [-0.4, -0.2) is 81.0 Å². The maximum Gasteiger partial charge on any atom is 0.323 e. The molecule has 12 heteroatoms. The molecule has 0 saturated carbocycles. The fraction of sp³-hybridized carbons (Fsp3) is 0.632. The van der Waals surface area contributed by atoms with Gasteiger partial charge in [-0.2, -0.15) is 0 Å². The van der Waals surface area contributed by atoms with Crippen molar-refractivity contribution >= 4 is 17.8 Å². The second-order valence-corrected chi connectivity index (χ2v) is 7.29. The highest BCUT2D eigenvalue weighted by Crippen LogP contribution is 2.25. The van der Waals surface area contributed by atoms with Gasteiger partial charge in [0, 0.05) is 31.3 Å². The van der Waals surface area contributed by atoms with E-state index >= 15 is 0 Å². The van der Waals surface area contributed by atoms with Gasteiger partial charge in [-0.15, -0.1) is 0 Å². The summed E-state index contributed by atoms with van der Waals surface area (Å²) in [5, 5.41) is 43.0. The van der Waals surface area contributed by atoms with Crippen molar-refractivity contribution in [3.8, 4) is 0 Å². The topological polar surface area (TPSA) is 181 Å². The van der Waals surface area contributed by atoms with E-state index < -0.39 is 43.1 Å². The lowest BCUT2D eigenvalue weighted by molar-refractivity contribution is -0.129. The fourth-order valence-corrected chi connectivity index (χ4v) is 3.24. The number of allylic oxidation sites excluding steroid dienone is 1. The summed E-state index contributed by atoms with van der Waals surface area (Å²) >= 11 is 0. The highest BCUT2D eigenvalue weighted by atomic mass is 16.6. The van der Waals surface area contributed by atoms with Gasteiger partial charge in [0.2, 0.25) is 11.8 Å². The monoisotopic (exact) mass is 442 g/mol. The van der Waals surface area contributed by atoms with E-state index in [-0.39, 0.29) is 25.3 Å². The van der Waals surface area contributed by atoms with Gasteiger partial charge in [-0.25, -0.2) is 10.3 Å². The summed E-state index contributed by atoms with van der Waals surface area (Å²) in [4.78, 5) is 36.4. The first kappa shape index (κ1) is 24.8. The van der Waals surface area contributed by atoms with Gasteiger partial charge >= 0.3 is 6.03 Å². The Bertz CT molecular complexity index is 698. The number of unbranched alkanes of at least 4 members (excludes halogenated alkanes) is 3. The summed E-state index contributed by atoms with van der Waals surface area (Å²) in [6.45, 7) is -0.388. The number of hydroxylamine groups is 1. The number of rotatable bonds is 10. The molecule has 174 valence electrons. The van der Waals surface area contributed by atoms with Gasteiger partial charge < -0.3 is 30.7 Å². The van der Waals surface area contributed by atoms with Crippen LogP contribution < -0.4 is 16.1 Å². The quantitative estimate of drug-likeness (QED) is 0.125. The normalized spacial score (nSPS) is 26.0. The SMILES string of the molecule is O=C(CCCCCCC(=O)NC1=CCNC(=O)N(C2OC(CO)C(O)C2O)C=C1)NO. The second kappa shape index (κ2) is 12.4. The first-order valence-corrected chi connectivity index (χ1v) is 10.2. The van der Waals surface area contributed by atoms with Gasteiger partial charge in [0.05, 0.1) is 6.61 Å². The Balaban J connectivity index is 1.83. The van der Waals surface area contributed by atoms with Crippen LogP contribution in [0.2, 0.25) is 0 Å². The Labute approximate surface area is 179 Å². The summed E-state index contributed by atoms with van der Waals surface area (Å²) in [6.07, 6.45) is 2.77. The van der Waals surface area contributed by atoms with Gasteiger partial charge in [-0.1, -0.05) is 12.8 Å². The van der Waals surface area contributed by atoms with Crippen molar-refractivity contribution in [1.82, 2.24) is 21.0 Å². The van der Waals surface area contributed by atoms with E-state index in [9.17, 15) is 29.7 Å². The summed E-state index contributed by atoms with van der Waals surface area (Å²) in [7, 11) is 0. The van der Waals surface area contributed by atoms with Gasteiger partial charge in [0.25, 0.3) is 0 Å². The molecule has 2 heterocycles. The summed E-state index contributed by atoms with van der Waals surface area (Å²) in [6, 6.07) is -0.567. The first-order valence-electron chi connectivity index (χ1n) is 10.2. The predicted octanol–water partition coefficient (Wildman–Crippen LogP) is -1.19. The molecule has 0 aromatic rings. The van der Waals surface area contributed by atoms with Crippen LogP contribution in [0, 0.1) is 0 Å². The van der Waals surface area contributed by atoms with Crippen LogP contribution in [-0.2, 0) is 14.3 Å². The van der Waals surface area contributed by atoms with Crippen molar-refractivity contribution in [2.75, 3.05) is 13.2 Å². The van der Waals surface area contributed by atoms with Crippen molar-refractivity contribution in [2.24, 2.45) is 0 Å². The molecule has 2 aliphatic rings. The Hall–Kier alpha value is -2.51. The number of amides is 4. The van der Waals surface area contributed by atoms with E-state index in [4.69, 9.17) is 9.94 Å². The van der Waals surface area contributed by atoms with Crippen molar-refractivity contribution in [1.29, 1.82) is 0 Å². The smallest absolute Gasteiger partial charge is 0.323 e. The van der Waals surface area contributed by atoms with Crippen molar-refractivity contribution in [3.05, 3.63) is 24.0 Å². The Morgan fingerprint density at radius 2 is 1.81 bits per heavy atom. The van der Waals surface area contributed by atoms with Crippen LogP contribution in [0.5, 0.6) is 0 Å². The van der Waals surface area contributed by atoms with Gasteiger partial charge in [-0.3, -0.25) is 19.7 Å². The molecule has 2 aliphatic heterocycles. The molecule has 4 unspecified atom stereocenters. The summed E-state index contributed by atoms with van der Waals surface area (Å²) in [5.41, 5.74) is 2.02. The standard InChI is InChI=1S/C19H30N4O8/c24-11-13-16(27)17(28)18(31-13)23-10-8-12(7-9-20-19(23)29)21-14(25)5-3-1-2-4-6-15(26)22-30/h7-8,10,13,16-18,24,27-28,30H,1-6,9,11H2,(H,20,29)(H,21,25)(H,22,26). The number of ether oxygens (including phenoxy) is 1. The highest BCUT2D eigenvalue weighted by Gasteiger charge is 2.46. The lowest BCUT2D eigenvalue weighted by Gasteiger charge is -2.28. The number of aliphatic hydroxyl groups excluding tert-OH is 3. The first-order chi connectivity index (χ1) is 14.9. The summed E-state index contributed by atoms with van der Waals surface area (Å²) < 4.78 is 5.38. The molecule has 7 N–H and O–H groups in total. The molecule has 0 aromatic heterocycles. The molecule has 0 aliphatic carbocycles. The number of carbonyl (C=O) groups is 3. The molecule has 31 heavy (non-hydrogen) atoms. The third kappa shape index (κ3) is 7.29. The van der Waals surface area contributed by atoms with Crippen LogP contribution >= 0.6 is 0 Å². The van der Waals surface area contributed by atoms with Gasteiger partial charge in [0.1, 0.15) is 18.3 Å². The minimum Gasteiger partial charge on any atom is -0.394 e. The molecule has 12 nitrogen and oxygen atoms in total. The molecule has 0 spiro atoms. The summed E-state index contributed by atoms with van der Waals surface area (Å²) in [5.74, 6) is -0.644. The number of urea groups is 1. The number of hydrogen-bond acceptors (Lipinski definition) is 8. The van der Waals surface area contributed by atoms with Gasteiger partial charge in [0.15, 0.2) is 6.23 Å². The number of aliphatic hydroxyl groups is 3. The van der Waals surface area contributed by atoms with Crippen LogP contribution in [0.15, 0.2) is 24.0 Å². The molecule has 4 amide bonds. The minimum atomic E-state index is -1.41. The Morgan fingerprint density at radius 1 is 1.13 bits per heavy atom. The Morgan fingerprint density at radius 3 is 2.42 bits per heavy atom. The maximum atomic E-state index is 12.3. The van der Waals surface area contributed by atoms with E-state index in [2.05, 4.69) is 10.6 Å². The third-order valence-electron chi connectivity index (χ3n) is 4.98. The van der Waals surface area contributed by atoms with E-state index in [1.807, 2.05) is 0 Å². The zero-order valence-corrected chi connectivity index (χ0v) is 17.1. The van der Waals surface area contributed by atoms with Crippen molar-refractivity contribution < 1.29 is 39.6 Å². The molecule has 0 bridgehead atoms. The fourth-order valence-electron chi connectivity index (χ4n) is 3.24. The van der Waals surface area contributed by atoms with Crippen LogP contribution in [0.4, 0.5) is 4.79 Å². The zero-order chi connectivity index (χ0) is 22.8. The largest absolute Gasteiger partial charge is 0.394 e. The Kier molecular flexibility index (Phi) is 9.88. The lowest BCUT2D eigenvalue weighted by Crippen LogP contribution is -2.49. The molecule has 1 saturated heterocycles. The highest BCUT2D eigenvalue weighted by molar-refractivity contribution is 5.79. The predicted molar refractivity (Wildman–Crippen MR) is 106 cm³/mol. The average Bonchev–Trinajstić information content (AvgIpc) is 3.03. The molecule has 1 fully saturated rings. The molecular formula is C19H30N4O8.